The van der Waals surface area contributed by atoms with E-state index in [1.807, 2.05) is 0 Å². The van der Waals surface area contributed by atoms with Gasteiger partial charge in [-0.05, 0) is 19.3 Å². The Labute approximate surface area is 56.2 Å². The summed E-state index contributed by atoms with van der Waals surface area (Å²) in [6, 6.07) is 0.453. The third-order valence-electron chi connectivity index (χ3n) is 1.69. The van der Waals surface area contributed by atoms with Crippen LogP contribution < -0.4 is 5.73 Å². The maximum absolute atomic E-state index is 5.57. The molecule has 0 aromatic carbocycles. The van der Waals surface area contributed by atoms with Crippen molar-refractivity contribution in [2.45, 2.75) is 32.7 Å². The Bertz CT molecular complexity index is 129. The molecule has 0 fully saturated rings. The molecule has 1 heterocycles. The van der Waals surface area contributed by atoms with E-state index in [0.29, 0.717) is 6.04 Å². The van der Waals surface area contributed by atoms with Gasteiger partial charge in [-0.25, -0.2) is 0 Å². The molecule has 2 heteroatoms. The highest BCUT2D eigenvalue weighted by Crippen LogP contribution is 2.17. The van der Waals surface area contributed by atoms with Crippen molar-refractivity contribution in [2.24, 2.45) is 16.6 Å². The van der Waals surface area contributed by atoms with Crippen molar-refractivity contribution in [1.29, 1.82) is 0 Å². The van der Waals surface area contributed by atoms with E-state index in [9.17, 15) is 0 Å². The van der Waals surface area contributed by atoms with Crippen molar-refractivity contribution >= 4 is 5.84 Å². The van der Waals surface area contributed by atoms with Crippen LogP contribution in [0.4, 0.5) is 0 Å². The van der Waals surface area contributed by atoms with E-state index in [-0.39, 0.29) is 0 Å². The van der Waals surface area contributed by atoms with Crippen LogP contribution in [0.5, 0.6) is 0 Å². The second kappa shape index (κ2) is 2.38. The maximum Gasteiger partial charge on any atom is 0.0943 e. The number of nitrogens with zero attached hydrogens (tertiary/aromatic N) is 1. The SMILES string of the molecule is C[C@@H]1CC(N)=N[C@H](C)C1. The van der Waals surface area contributed by atoms with Gasteiger partial charge in [0.1, 0.15) is 0 Å². The average Bonchev–Trinajstić information content (AvgIpc) is 1.59. The summed E-state index contributed by atoms with van der Waals surface area (Å²) in [6.45, 7) is 4.33. The topological polar surface area (TPSA) is 38.4 Å². The zero-order valence-corrected chi connectivity index (χ0v) is 6.09. The van der Waals surface area contributed by atoms with Gasteiger partial charge in [-0.1, -0.05) is 6.92 Å². The van der Waals surface area contributed by atoms with Crippen molar-refractivity contribution in [3.05, 3.63) is 0 Å². The summed E-state index contributed by atoms with van der Waals surface area (Å²) >= 11 is 0. The predicted octanol–water partition coefficient (Wildman–Crippen LogP) is 1.16. The second-order valence-electron chi connectivity index (χ2n) is 3.01. The lowest BCUT2D eigenvalue weighted by Crippen LogP contribution is -2.25. The minimum absolute atomic E-state index is 0.453. The van der Waals surface area contributed by atoms with Crippen LogP contribution in [0.1, 0.15) is 26.7 Å². The Kier molecular flexibility index (Phi) is 1.74. The first-order valence-corrected chi connectivity index (χ1v) is 3.50. The first-order chi connectivity index (χ1) is 4.18. The molecule has 2 nitrogen and oxygen atoms in total. The van der Waals surface area contributed by atoms with E-state index in [1.165, 1.54) is 6.42 Å². The summed E-state index contributed by atoms with van der Waals surface area (Å²) in [6.07, 6.45) is 2.19. The molecule has 1 aliphatic rings. The third kappa shape index (κ3) is 1.70. The van der Waals surface area contributed by atoms with Crippen LogP contribution in [0, 0.1) is 5.92 Å². The van der Waals surface area contributed by atoms with Gasteiger partial charge in [0, 0.05) is 12.5 Å². The van der Waals surface area contributed by atoms with Crippen LogP contribution in [0.2, 0.25) is 0 Å². The van der Waals surface area contributed by atoms with E-state index < -0.39 is 0 Å². The molecule has 0 spiro atoms. The molecular weight excluding hydrogens is 112 g/mol. The number of rotatable bonds is 0. The predicted molar refractivity (Wildman–Crippen MR) is 39.5 cm³/mol. The van der Waals surface area contributed by atoms with Crippen LogP contribution in [-0.4, -0.2) is 11.9 Å². The summed E-state index contributed by atoms with van der Waals surface area (Å²) in [4.78, 5) is 4.23. The average molecular weight is 126 g/mol. The monoisotopic (exact) mass is 126 g/mol. The molecule has 1 rings (SSSR count). The molecule has 1 aliphatic heterocycles. The number of hydrogen-bond donors (Lipinski definition) is 1. The number of aliphatic imine (C=N–C) groups is 1. The molecule has 0 bridgehead atoms. The second-order valence-corrected chi connectivity index (χ2v) is 3.01. The van der Waals surface area contributed by atoms with Gasteiger partial charge in [0.15, 0.2) is 0 Å². The Morgan fingerprint density at radius 1 is 1.56 bits per heavy atom. The molecule has 0 amide bonds. The van der Waals surface area contributed by atoms with Crippen LogP contribution in [0.3, 0.4) is 0 Å². The molecule has 0 aromatic rings. The van der Waals surface area contributed by atoms with Gasteiger partial charge < -0.3 is 5.73 Å². The van der Waals surface area contributed by atoms with Crippen LogP contribution in [-0.2, 0) is 0 Å². The highest BCUT2D eigenvalue weighted by atomic mass is 14.9. The van der Waals surface area contributed by atoms with E-state index in [2.05, 4.69) is 18.8 Å². The van der Waals surface area contributed by atoms with Gasteiger partial charge in [0.25, 0.3) is 0 Å². The summed E-state index contributed by atoms with van der Waals surface area (Å²) in [5.74, 6) is 1.57. The fourth-order valence-corrected chi connectivity index (χ4v) is 1.41. The van der Waals surface area contributed by atoms with Gasteiger partial charge in [-0.2, -0.15) is 0 Å². The molecule has 52 valence electrons. The standard InChI is InChI=1S/C7H14N2/c1-5-3-6(2)9-7(8)4-5/h5-6H,3-4H2,1-2H3,(H2,8,9)/t5-,6+/m0/s1. The van der Waals surface area contributed by atoms with Crippen LogP contribution >= 0.6 is 0 Å². The summed E-state index contributed by atoms with van der Waals surface area (Å²) in [5, 5.41) is 0. The van der Waals surface area contributed by atoms with Gasteiger partial charge in [-0.15, -0.1) is 0 Å². The molecule has 2 N–H and O–H groups in total. The van der Waals surface area contributed by atoms with Crippen LogP contribution in [0.15, 0.2) is 4.99 Å². The molecular formula is C7H14N2. The molecule has 0 unspecified atom stereocenters. The van der Waals surface area contributed by atoms with Gasteiger partial charge in [0.05, 0.1) is 5.84 Å². The Morgan fingerprint density at radius 3 is 2.67 bits per heavy atom. The van der Waals surface area contributed by atoms with Crippen LogP contribution in [0.25, 0.3) is 0 Å². The first-order valence-electron chi connectivity index (χ1n) is 3.50. The summed E-state index contributed by atoms with van der Waals surface area (Å²) < 4.78 is 0. The molecule has 0 radical (unpaired) electrons. The zero-order valence-electron chi connectivity index (χ0n) is 6.09. The minimum atomic E-state index is 0.453. The van der Waals surface area contributed by atoms with Gasteiger partial charge in [0.2, 0.25) is 0 Å². The molecule has 0 saturated heterocycles. The quantitative estimate of drug-likeness (QED) is 0.519. The molecule has 0 saturated carbocycles. The normalized spacial score (nSPS) is 36.0. The van der Waals surface area contributed by atoms with Crippen molar-refractivity contribution in [2.75, 3.05) is 0 Å². The van der Waals surface area contributed by atoms with E-state index in [1.54, 1.807) is 0 Å². The van der Waals surface area contributed by atoms with E-state index in [0.717, 1.165) is 18.2 Å². The minimum Gasteiger partial charge on any atom is -0.387 e. The number of amidine groups is 1. The van der Waals surface area contributed by atoms with Gasteiger partial charge >= 0.3 is 0 Å². The molecule has 9 heavy (non-hydrogen) atoms. The Morgan fingerprint density at radius 2 is 2.22 bits per heavy atom. The highest BCUT2D eigenvalue weighted by molar-refractivity contribution is 5.81. The fourth-order valence-electron chi connectivity index (χ4n) is 1.41. The lowest BCUT2D eigenvalue weighted by Gasteiger charge is -2.20. The van der Waals surface area contributed by atoms with Gasteiger partial charge in [-0.3, -0.25) is 4.99 Å². The largest absolute Gasteiger partial charge is 0.387 e. The maximum atomic E-state index is 5.57. The molecule has 0 aromatic heterocycles. The lowest BCUT2D eigenvalue weighted by atomic mass is 9.96. The number of nitrogens with two attached hydrogens (primary N) is 1. The molecule has 0 aliphatic carbocycles. The van der Waals surface area contributed by atoms with Crippen molar-refractivity contribution in [1.82, 2.24) is 0 Å². The fraction of sp³-hybridized carbons (Fsp3) is 0.857. The summed E-state index contributed by atoms with van der Waals surface area (Å²) in [7, 11) is 0. The summed E-state index contributed by atoms with van der Waals surface area (Å²) in [5.41, 5.74) is 5.57. The van der Waals surface area contributed by atoms with E-state index >= 15 is 0 Å². The van der Waals surface area contributed by atoms with Crippen molar-refractivity contribution in [3.8, 4) is 0 Å². The smallest absolute Gasteiger partial charge is 0.0943 e. The van der Waals surface area contributed by atoms with E-state index in [4.69, 9.17) is 5.73 Å². The lowest BCUT2D eigenvalue weighted by molar-refractivity contribution is 0.472. The highest BCUT2D eigenvalue weighted by Gasteiger charge is 2.14. The number of hydrogen-bond acceptors (Lipinski definition) is 2. The Hall–Kier alpha value is -0.530. The van der Waals surface area contributed by atoms with Crippen molar-refractivity contribution < 1.29 is 0 Å². The Balaban J connectivity index is 2.56. The van der Waals surface area contributed by atoms with Crippen molar-refractivity contribution in [3.63, 3.8) is 0 Å². The molecule has 2 atom stereocenters. The zero-order chi connectivity index (χ0) is 6.85. The first kappa shape index (κ1) is 6.59. The third-order valence-corrected chi connectivity index (χ3v) is 1.69.